The third-order valence-electron chi connectivity index (χ3n) is 7.39. The van der Waals surface area contributed by atoms with Gasteiger partial charge in [0, 0.05) is 18.6 Å². The molecule has 1 heterocycles. The van der Waals surface area contributed by atoms with Crippen molar-refractivity contribution in [3.8, 4) is 0 Å². The average Bonchev–Trinajstić information content (AvgIpc) is 2.73. The van der Waals surface area contributed by atoms with Crippen LogP contribution in [0.25, 0.3) is 0 Å². The van der Waals surface area contributed by atoms with Crippen LogP contribution in [0.1, 0.15) is 90.9 Å². The van der Waals surface area contributed by atoms with Gasteiger partial charge in [0.25, 0.3) is 0 Å². The molecule has 6 nitrogen and oxygen atoms in total. The lowest BCUT2D eigenvalue weighted by atomic mass is 9.82. The van der Waals surface area contributed by atoms with Crippen molar-refractivity contribution in [1.82, 2.24) is 9.80 Å². The van der Waals surface area contributed by atoms with E-state index in [0.29, 0.717) is 6.04 Å². The highest BCUT2D eigenvalue weighted by atomic mass is 16.4. The molecule has 1 aliphatic heterocycles. The first kappa shape index (κ1) is 21.2. The summed E-state index contributed by atoms with van der Waals surface area (Å²) in [5, 5.41) is 20.0. The van der Waals surface area contributed by atoms with Gasteiger partial charge in [-0.1, -0.05) is 52.4 Å². The predicted octanol–water partition coefficient (Wildman–Crippen LogP) is 4.21. The maximum atomic E-state index is 12.3. The second-order valence-corrected chi connectivity index (χ2v) is 8.71. The van der Waals surface area contributed by atoms with Crippen LogP contribution in [0.15, 0.2) is 11.3 Å². The van der Waals surface area contributed by atoms with Crippen LogP contribution < -0.4 is 0 Å². The molecule has 6 heteroatoms. The average molecular weight is 393 g/mol. The summed E-state index contributed by atoms with van der Waals surface area (Å²) in [5.74, 6) is -2.17. The van der Waals surface area contributed by atoms with E-state index in [1.165, 1.54) is 25.7 Å². The second-order valence-electron chi connectivity index (χ2n) is 8.71. The van der Waals surface area contributed by atoms with Crippen molar-refractivity contribution in [2.75, 3.05) is 6.54 Å². The van der Waals surface area contributed by atoms with Gasteiger partial charge in [-0.15, -0.1) is 0 Å². The van der Waals surface area contributed by atoms with Crippen LogP contribution in [-0.2, 0) is 9.59 Å². The molecule has 28 heavy (non-hydrogen) atoms. The van der Waals surface area contributed by atoms with E-state index >= 15 is 0 Å². The quantitative estimate of drug-likeness (QED) is 0.705. The van der Waals surface area contributed by atoms with E-state index in [1.54, 1.807) is 0 Å². The van der Waals surface area contributed by atoms with Crippen molar-refractivity contribution in [3.05, 3.63) is 11.3 Å². The highest BCUT2D eigenvalue weighted by Crippen LogP contribution is 2.45. The Kier molecular flexibility index (Phi) is 6.69. The van der Waals surface area contributed by atoms with E-state index in [-0.39, 0.29) is 23.9 Å². The summed E-state index contributed by atoms with van der Waals surface area (Å²) in [4.78, 5) is 28.9. The SMILES string of the molecule is CCC1(CC)N(C2CCCCC2)CC(C(=O)O)=C(C(=O)O)N1C1CCCCC1. The summed E-state index contributed by atoms with van der Waals surface area (Å²) in [6.45, 7) is 4.52. The Morgan fingerprint density at radius 2 is 1.36 bits per heavy atom. The molecule has 0 unspecified atom stereocenters. The minimum Gasteiger partial charge on any atom is -0.478 e. The van der Waals surface area contributed by atoms with Crippen molar-refractivity contribution >= 4 is 11.9 Å². The van der Waals surface area contributed by atoms with E-state index < -0.39 is 17.6 Å². The molecule has 2 N–H and O–H groups in total. The van der Waals surface area contributed by atoms with Crippen LogP contribution >= 0.6 is 0 Å². The summed E-state index contributed by atoms with van der Waals surface area (Å²) in [6.07, 6.45) is 12.6. The summed E-state index contributed by atoms with van der Waals surface area (Å²) in [7, 11) is 0. The fourth-order valence-electron chi connectivity index (χ4n) is 6.01. The lowest BCUT2D eigenvalue weighted by molar-refractivity contribution is -0.152. The molecular weight excluding hydrogens is 356 g/mol. The van der Waals surface area contributed by atoms with Crippen molar-refractivity contribution in [2.24, 2.45) is 0 Å². The van der Waals surface area contributed by atoms with Gasteiger partial charge in [-0.3, -0.25) is 4.90 Å². The molecule has 0 atom stereocenters. The molecule has 2 saturated carbocycles. The number of carboxylic acid groups (broad SMARTS) is 2. The molecule has 0 aromatic heterocycles. The van der Waals surface area contributed by atoms with Crippen LogP contribution in [0.2, 0.25) is 0 Å². The summed E-state index contributed by atoms with van der Waals surface area (Å²) >= 11 is 0. The Labute approximate surface area is 168 Å². The largest absolute Gasteiger partial charge is 0.478 e. The Morgan fingerprint density at radius 3 is 1.79 bits per heavy atom. The first-order valence-electron chi connectivity index (χ1n) is 11.2. The zero-order valence-corrected chi connectivity index (χ0v) is 17.5. The van der Waals surface area contributed by atoms with Gasteiger partial charge in [0.2, 0.25) is 0 Å². The summed E-state index contributed by atoms with van der Waals surface area (Å²) < 4.78 is 0. The third-order valence-corrected chi connectivity index (χ3v) is 7.39. The Hall–Kier alpha value is -1.56. The molecule has 0 amide bonds. The first-order chi connectivity index (χ1) is 13.5. The van der Waals surface area contributed by atoms with Crippen LogP contribution in [-0.4, -0.2) is 56.2 Å². The van der Waals surface area contributed by atoms with Crippen molar-refractivity contribution in [1.29, 1.82) is 0 Å². The number of carbonyl (C=O) groups is 2. The highest BCUT2D eigenvalue weighted by Gasteiger charge is 2.52. The molecule has 2 aliphatic carbocycles. The minimum atomic E-state index is -1.09. The van der Waals surface area contributed by atoms with Gasteiger partial charge in [-0.2, -0.15) is 0 Å². The van der Waals surface area contributed by atoms with Gasteiger partial charge >= 0.3 is 11.9 Å². The normalized spacial score (nSPS) is 25.1. The van der Waals surface area contributed by atoms with Crippen LogP contribution in [0.3, 0.4) is 0 Å². The fourth-order valence-corrected chi connectivity index (χ4v) is 6.01. The molecular formula is C22H36N2O4. The van der Waals surface area contributed by atoms with Gasteiger partial charge in [0.1, 0.15) is 5.70 Å². The van der Waals surface area contributed by atoms with E-state index in [9.17, 15) is 19.8 Å². The van der Waals surface area contributed by atoms with Gasteiger partial charge in [-0.25, -0.2) is 9.59 Å². The van der Waals surface area contributed by atoms with Gasteiger partial charge < -0.3 is 15.1 Å². The van der Waals surface area contributed by atoms with Crippen molar-refractivity contribution in [2.45, 2.75) is 109 Å². The number of hydrogen-bond donors (Lipinski definition) is 2. The Bertz CT molecular complexity index is 614. The maximum absolute atomic E-state index is 12.3. The monoisotopic (exact) mass is 392 g/mol. The molecule has 158 valence electrons. The Balaban J connectivity index is 2.15. The van der Waals surface area contributed by atoms with Crippen molar-refractivity contribution in [3.63, 3.8) is 0 Å². The zero-order chi connectivity index (χ0) is 20.3. The summed E-state index contributed by atoms with van der Waals surface area (Å²) in [5.41, 5.74) is -0.284. The lowest BCUT2D eigenvalue weighted by Crippen LogP contribution is -2.69. The Morgan fingerprint density at radius 1 is 0.857 bits per heavy atom. The third kappa shape index (κ3) is 3.68. The smallest absolute Gasteiger partial charge is 0.352 e. The van der Waals surface area contributed by atoms with E-state index in [2.05, 4.69) is 23.6 Å². The maximum Gasteiger partial charge on any atom is 0.352 e. The number of aliphatic carboxylic acids is 2. The number of carboxylic acids is 2. The standard InChI is InChI=1S/C22H36N2O4/c1-3-22(4-2)23(16-11-7-5-8-12-16)15-18(20(25)26)19(21(27)28)24(22)17-13-9-6-10-14-17/h16-17H,3-15H2,1-2H3,(H,25,26)(H,27,28). The summed E-state index contributed by atoms with van der Waals surface area (Å²) in [6, 6.07) is 0.449. The van der Waals surface area contributed by atoms with Crippen molar-refractivity contribution < 1.29 is 19.8 Å². The molecule has 2 fully saturated rings. The molecule has 0 radical (unpaired) electrons. The number of nitrogens with zero attached hydrogens (tertiary/aromatic N) is 2. The van der Waals surface area contributed by atoms with Crippen LogP contribution in [0.4, 0.5) is 0 Å². The first-order valence-corrected chi connectivity index (χ1v) is 11.2. The van der Waals surface area contributed by atoms with Crippen LogP contribution in [0, 0.1) is 0 Å². The molecule has 3 aliphatic rings. The predicted molar refractivity (Wildman–Crippen MR) is 108 cm³/mol. The fraction of sp³-hybridized carbons (Fsp3) is 0.818. The molecule has 0 aromatic rings. The molecule has 0 saturated heterocycles. The van der Waals surface area contributed by atoms with E-state index in [4.69, 9.17) is 0 Å². The molecule has 0 spiro atoms. The topological polar surface area (TPSA) is 81.1 Å². The lowest BCUT2D eigenvalue weighted by Gasteiger charge is -2.60. The molecule has 3 rings (SSSR count). The number of hydrogen-bond acceptors (Lipinski definition) is 4. The minimum absolute atomic E-state index is 0.0511. The van der Waals surface area contributed by atoms with Gasteiger partial charge in [0.15, 0.2) is 0 Å². The molecule has 0 aromatic carbocycles. The van der Waals surface area contributed by atoms with E-state index in [0.717, 1.165) is 51.4 Å². The highest BCUT2D eigenvalue weighted by molar-refractivity contribution is 5.99. The van der Waals surface area contributed by atoms with E-state index in [1.807, 2.05) is 0 Å². The number of rotatable bonds is 6. The van der Waals surface area contributed by atoms with Crippen LogP contribution in [0.5, 0.6) is 0 Å². The zero-order valence-electron chi connectivity index (χ0n) is 17.5. The van der Waals surface area contributed by atoms with Gasteiger partial charge in [-0.05, 0) is 38.5 Å². The van der Waals surface area contributed by atoms with Gasteiger partial charge in [0.05, 0.1) is 11.2 Å². The molecule has 0 bridgehead atoms. The second kappa shape index (κ2) is 8.85.